The molecule has 0 aromatic carbocycles. The fourth-order valence-electron chi connectivity index (χ4n) is 2.47. The average Bonchev–Trinajstić information content (AvgIpc) is 2.85. The number of hydrogen-bond donors (Lipinski definition) is 1. The second kappa shape index (κ2) is 5.72. The van der Waals surface area contributed by atoms with Gasteiger partial charge in [-0.1, -0.05) is 19.3 Å². The first-order valence-electron chi connectivity index (χ1n) is 6.43. The van der Waals surface area contributed by atoms with Gasteiger partial charge in [-0.05, 0) is 18.8 Å². The van der Waals surface area contributed by atoms with E-state index in [-0.39, 0.29) is 10.8 Å². The lowest BCUT2D eigenvalue weighted by Crippen LogP contribution is -2.39. The quantitative estimate of drug-likeness (QED) is 0.898. The minimum atomic E-state index is -3.66. The Morgan fingerprint density at radius 3 is 2.68 bits per heavy atom. The molecule has 0 amide bonds. The summed E-state index contributed by atoms with van der Waals surface area (Å²) in [5.74, 6) is 0.116. The normalized spacial score (nSPS) is 18.9. The van der Waals surface area contributed by atoms with E-state index in [1.807, 2.05) is 0 Å². The van der Waals surface area contributed by atoms with E-state index in [1.165, 1.54) is 23.5 Å². The fraction of sp³-hybridized carbons (Fsp3) is 0.667. The lowest BCUT2D eigenvalue weighted by molar-refractivity contribution is 0.324. The van der Waals surface area contributed by atoms with Crippen LogP contribution in [0.25, 0.3) is 0 Å². The maximum Gasteiger partial charge on any atom is 0.244 e. The Hall–Kier alpha value is -1.39. The minimum Gasteiger partial charge on any atom is -0.274 e. The van der Waals surface area contributed by atoms with Crippen molar-refractivity contribution in [2.24, 2.45) is 13.0 Å². The van der Waals surface area contributed by atoms with Crippen LogP contribution in [0.4, 0.5) is 0 Å². The minimum absolute atomic E-state index is 0.103. The molecule has 6 nitrogen and oxygen atoms in total. The predicted molar refractivity (Wildman–Crippen MR) is 69.5 cm³/mol. The Balaban J connectivity index is 2.11. The van der Waals surface area contributed by atoms with Crippen LogP contribution in [-0.4, -0.2) is 24.2 Å². The van der Waals surface area contributed by atoms with Gasteiger partial charge in [-0.15, -0.1) is 0 Å². The van der Waals surface area contributed by atoms with E-state index in [2.05, 4.69) is 15.9 Å². The van der Waals surface area contributed by atoms with Crippen molar-refractivity contribution in [3.63, 3.8) is 0 Å². The van der Waals surface area contributed by atoms with Crippen LogP contribution in [0, 0.1) is 17.2 Å². The standard InChI is InChI=1S/C12H18N4O2S/c1-16-9-11(8-14-16)19(17,18)15-12(7-13)10-5-3-2-4-6-10/h8-10,12,15H,2-6H2,1H3. The fourth-order valence-corrected chi connectivity index (χ4v) is 3.66. The summed E-state index contributed by atoms with van der Waals surface area (Å²) in [6.07, 6.45) is 7.84. The topological polar surface area (TPSA) is 87.8 Å². The van der Waals surface area contributed by atoms with Crippen LogP contribution in [0.2, 0.25) is 0 Å². The van der Waals surface area contributed by atoms with Gasteiger partial charge in [-0.2, -0.15) is 15.1 Å². The zero-order chi connectivity index (χ0) is 13.9. The van der Waals surface area contributed by atoms with Crippen LogP contribution >= 0.6 is 0 Å². The molecule has 1 aromatic rings. The van der Waals surface area contributed by atoms with Gasteiger partial charge in [0.15, 0.2) is 0 Å². The van der Waals surface area contributed by atoms with Gasteiger partial charge in [0.1, 0.15) is 10.9 Å². The highest BCUT2D eigenvalue weighted by Crippen LogP contribution is 2.27. The Labute approximate surface area is 113 Å². The number of nitrogens with zero attached hydrogens (tertiary/aromatic N) is 3. The Morgan fingerprint density at radius 1 is 1.47 bits per heavy atom. The molecule has 7 heteroatoms. The molecule has 1 N–H and O–H groups in total. The Bertz CT molecular complexity index is 567. The van der Waals surface area contributed by atoms with E-state index in [1.54, 1.807) is 7.05 Å². The number of aromatic nitrogens is 2. The van der Waals surface area contributed by atoms with E-state index < -0.39 is 16.1 Å². The summed E-state index contributed by atoms with van der Waals surface area (Å²) < 4.78 is 28.2. The third-order valence-electron chi connectivity index (χ3n) is 3.53. The highest BCUT2D eigenvalue weighted by Gasteiger charge is 2.28. The summed E-state index contributed by atoms with van der Waals surface area (Å²) in [5.41, 5.74) is 0. The van der Waals surface area contributed by atoms with Crippen molar-refractivity contribution >= 4 is 10.0 Å². The van der Waals surface area contributed by atoms with Gasteiger partial charge in [-0.25, -0.2) is 8.42 Å². The number of hydrogen-bond acceptors (Lipinski definition) is 4. The second-order valence-electron chi connectivity index (χ2n) is 4.98. The zero-order valence-electron chi connectivity index (χ0n) is 10.9. The third kappa shape index (κ3) is 3.33. The molecule has 0 aliphatic heterocycles. The Morgan fingerprint density at radius 2 is 2.16 bits per heavy atom. The average molecular weight is 282 g/mol. The van der Waals surface area contributed by atoms with Gasteiger partial charge < -0.3 is 0 Å². The Kier molecular flexibility index (Phi) is 4.22. The van der Waals surface area contributed by atoms with Crippen LogP contribution in [0.5, 0.6) is 0 Å². The molecule has 1 atom stereocenters. The third-order valence-corrected chi connectivity index (χ3v) is 4.93. The maximum atomic E-state index is 12.1. The molecule has 2 rings (SSSR count). The van der Waals surface area contributed by atoms with Gasteiger partial charge in [0.2, 0.25) is 10.0 Å². The van der Waals surface area contributed by atoms with Crippen LogP contribution in [0.15, 0.2) is 17.3 Å². The van der Waals surface area contributed by atoms with E-state index in [0.717, 1.165) is 25.7 Å². The van der Waals surface area contributed by atoms with Crippen LogP contribution in [-0.2, 0) is 17.1 Å². The molecule has 0 saturated heterocycles. The summed E-state index contributed by atoms with van der Waals surface area (Å²) in [5, 5.41) is 13.0. The number of sulfonamides is 1. The van der Waals surface area contributed by atoms with E-state index in [4.69, 9.17) is 0 Å². The van der Waals surface area contributed by atoms with Crippen molar-refractivity contribution in [3.05, 3.63) is 12.4 Å². The predicted octanol–water partition coefficient (Wildman–Crippen LogP) is 1.17. The summed E-state index contributed by atoms with van der Waals surface area (Å²) >= 11 is 0. The van der Waals surface area contributed by atoms with E-state index >= 15 is 0 Å². The van der Waals surface area contributed by atoms with Crippen molar-refractivity contribution in [2.45, 2.75) is 43.0 Å². The SMILES string of the molecule is Cn1cc(S(=O)(=O)NC(C#N)C2CCCCC2)cn1. The second-order valence-corrected chi connectivity index (χ2v) is 6.69. The van der Waals surface area contributed by atoms with Gasteiger partial charge in [-0.3, -0.25) is 4.68 Å². The lowest BCUT2D eigenvalue weighted by atomic mass is 9.85. The van der Waals surface area contributed by atoms with Gasteiger partial charge in [0.25, 0.3) is 0 Å². The summed E-state index contributed by atoms with van der Waals surface area (Å²) in [4.78, 5) is 0.103. The monoisotopic (exact) mass is 282 g/mol. The van der Waals surface area contributed by atoms with E-state index in [9.17, 15) is 13.7 Å². The molecule has 0 spiro atoms. The molecule has 1 fully saturated rings. The molecule has 1 aliphatic rings. The van der Waals surface area contributed by atoms with Crippen molar-refractivity contribution in [1.29, 1.82) is 5.26 Å². The molecule has 1 aromatic heterocycles. The smallest absolute Gasteiger partial charge is 0.244 e. The van der Waals surface area contributed by atoms with Crippen molar-refractivity contribution in [1.82, 2.24) is 14.5 Å². The maximum absolute atomic E-state index is 12.1. The summed E-state index contributed by atoms with van der Waals surface area (Å²) in [6, 6.07) is 1.44. The van der Waals surface area contributed by atoms with Crippen molar-refractivity contribution < 1.29 is 8.42 Å². The van der Waals surface area contributed by atoms with Gasteiger partial charge >= 0.3 is 0 Å². The van der Waals surface area contributed by atoms with E-state index in [0.29, 0.717) is 0 Å². The van der Waals surface area contributed by atoms with Crippen molar-refractivity contribution in [3.8, 4) is 6.07 Å². The molecule has 0 radical (unpaired) electrons. The largest absolute Gasteiger partial charge is 0.274 e. The first kappa shape index (κ1) is 14.0. The molecular weight excluding hydrogens is 264 g/mol. The highest BCUT2D eigenvalue weighted by atomic mass is 32.2. The molecule has 104 valence electrons. The first-order valence-corrected chi connectivity index (χ1v) is 7.92. The first-order chi connectivity index (χ1) is 9.03. The summed E-state index contributed by atoms with van der Waals surface area (Å²) in [7, 11) is -2.00. The number of nitriles is 1. The molecule has 1 aliphatic carbocycles. The van der Waals surface area contributed by atoms with Crippen LogP contribution in [0.1, 0.15) is 32.1 Å². The lowest BCUT2D eigenvalue weighted by Gasteiger charge is -2.25. The number of nitrogens with one attached hydrogen (secondary N) is 1. The number of aryl methyl sites for hydroxylation is 1. The molecular formula is C12H18N4O2S. The van der Waals surface area contributed by atoms with Crippen molar-refractivity contribution in [2.75, 3.05) is 0 Å². The van der Waals surface area contributed by atoms with Gasteiger partial charge in [0, 0.05) is 13.2 Å². The van der Waals surface area contributed by atoms with Crippen LogP contribution in [0.3, 0.4) is 0 Å². The molecule has 0 bridgehead atoms. The molecule has 1 heterocycles. The van der Waals surface area contributed by atoms with Crippen LogP contribution < -0.4 is 4.72 Å². The summed E-state index contributed by atoms with van der Waals surface area (Å²) in [6.45, 7) is 0. The zero-order valence-corrected chi connectivity index (χ0v) is 11.7. The van der Waals surface area contributed by atoms with Gasteiger partial charge in [0.05, 0.1) is 12.3 Å². The number of rotatable bonds is 4. The molecule has 19 heavy (non-hydrogen) atoms. The molecule has 1 unspecified atom stereocenters. The highest BCUT2D eigenvalue weighted by molar-refractivity contribution is 7.89. The molecule has 1 saturated carbocycles.